The molecule has 0 spiro atoms. The Kier molecular flexibility index (Phi) is 8.15. The highest BCUT2D eigenvalue weighted by Gasteiger charge is 2.25. The Labute approximate surface area is 216 Å². The van der Waals surface area contributed by atoms with Gasteiger partial charge >= 0.3 is 0 Å². The number of nitrogens with zero attached hydrogens (tertiary/aromatic N) is 4. The number of nitrogens with two attached hydrogens (primary N) is 2. The molecule has 0 unspecified atom stereocenters. The summed E-state index contributed by atoms with van der Waals surface area (Å²) in [4.78, 5) is 24.9. The largest absolute Gasteiger partial charge is 0.496 e. The topological polar surface area (TPSA) is 133 Å². The maximum atomic E-state index is 12.6. The molecule has 1 aliphatic carbocycles. The van der Waals surface area contributed by atoms with Gasteiger partial charge in [0.2, 0.25) is 5.91 Å². The number of amides is 1. The van der Waals surface area contributed by atoms with Crippen molar-refractivity contribution >= 4 is 34.7 Å². The van der Waals surface area contributed by atoms with Gasteiger partial charge in [-0.15, -0.1) is 0 Å². The number of aliphatic imine (C=N–C) groups is 1. The summed E-state index contributed by atoms with van der Waals surface area (Å²) >= 11 is 0. The van der Waals surface area contributed by atoms with Gasteiger partial charge in [0.15, 0.2) is 5.82 Å². The molecule has 1 amide bonds. The molecule has 0 fully saturated rings. The van der Waals surface area contributed by atoms with Crippen LogP contribution in [-0.4, -0.2) is 40.4 Å². The van der Waals surface area contributed by atoms with Crippen molar-refractivity contribution in [2.45, 2.75) is 39.5 Å². The predicted molar refractivity (Wildman–Crippen MR) is 149 cm³/mol. The van der Waals surface area contributed by atoms with Crippen LogP contribution in [-0.2, 0) is 24.1 Å². The van der Waals surface area contributed by atoms with Gasteiger partial charge in [-0.25, -0.2) is 9.97 Å². The first-order valence-corrected chi connectivity index (χ1v) is 12.3. The number of methoxy groups -OCH3 is 1. The molecule has 192 valence electrons. The third-order valence-electron chi connectivity index (χ3n) is 6.34. The summed E-state index contributed by atoms with van der Waals surface area (Å²) in [5, 5.41) is 2.98. The second-order valence-electron chi connectivity index (χ2n) is 8.77. The van der Waals surface area contributed by atoms with E-state index in [4.69, 9.17) is 16.2 Å². The molecule has 37 heavy (non-hydrogen) atoms. The van der Waals surface area contributed by atoms with Gasteiger partial charge < -0.3 is 26.1 Å². The van der Waals surface area contributed by atoms with Crippen molar-refractivity contribution in [1.29, 1.82) is 0 Å². The molecule has 2 heterocycles. The van der Waals surface area contributed by atoms with Gasteiger partial charge in [0, 0.05) is 17.1 Å². The van der Waals surface area contributed by atoms with E-state index in [0.717, 1.165) is 58.5 Å². The van der Waals surface area contributed by atoms with Crippen LogP contribution >= 0.6 is 0 Å². The number of aromatic nitrogens is 3. The number of nitrogens with one attached hydrogen (secondary N) is 1. The average molecular weight is 500 g/mol. The summed E-state index contributed by atoms with van der Waals surface area (Å²) in [6.07, 6.45) is 6.63. The summed E-state index contributed by atoms with van der Waals surface area (Å²) in [7, 11) is 1.64. The molecule has 0 aliphatic heterocycles. The Morgan fingerprint density at radius 2 is 1.97 bits per heavy atom. The van der Waals surface area contributed by atoms with E-state index in [2.05, 4.69) is 24.8 Å². The Hall–Kier alpha value is -4.24. The lowest BCUT2D eigenvalue weighted by atomic mass is 10.1. The average Bonchev–Trinajstić information content (AvgIpc) is 3.48. The van der Waals surface area contributed by atoms with Crippen molar-refractivity contribution < 1.29 is 9.53 Å². The van der Waals surface area contributed by atoms with E-state index < -0.39 is 0 Å². The minimum Gasteiger partial charge on any atom is -0.496 e. The second kappa shape index (κ2) is 11.7. The lowest BCUT2D eigenvalue weighted by Gasteiger charge is -2.12. The van der Waals surface area contributed by atoms with Gasteiger partial charge in [-0.1, -0.05) is 12.1 Å². The van der Waals surface area contributed by atoms with Crippen molar-refractivity contribution in [3.63, 3.8) is 0 Å². The lowest BCUT2D eigenvalue weighted by molar-refractivity contribution is -0.115. The van der Waals surface area contributed by atoms with Crippen LogP contribution in [0.5, 0.6) is 5.75 Å². The maximum Gasteiger partial charge on any atom is 0.228 e. The fourth-order valence-electron chi connectivity index (χ4n) is 4.72. The van der Waals surface area contributed by atoms with E-state index in [1.165, 1.54) is 17.6 Å². The van der Waals surface area contributed by atoms with Crippen LogP contribution in [0.1, 0.15) is 35.7 Å². The van der Waals surface area contributed by atoms with Crippen molar-refractivity contribution in [2.24, 2.45) is 10.7 Å². The van der Waals surface area contributed by atoms with Crippen molar-refractivity contribution in [1.82, 2.24) is 14.5 Å². The highest BCUT2D eigenvalue weighted by atomic mass is 16.5. The van der Waals surface area contributed by atoms with E-state index in [1.54, 1.807) is 13.3 Å². The number of aryl methyl sites for hydroxylation is 2. The normalized spacial score (nSPS) is 12.3. The van der Waals surface area contributed by atoms with E-state index in [0.29, 0.717) is 18.9 Å². The number of hydrogen-bond acceptors (Lipinski definition) is 7. The molecule has 0 radical (unpaired) electrons. The summed E-state index contributed by atoms with van der Waals surface area (Å²) in [6.45, 7) is 4.22. The first-order valence-electron chi connectivity index (χ1n) is 12.3. The van der Waals surface area contributed by atoms with E-state index in [1.807, 2.05) is 56.3 Å². The van der Waals surface area contributed by atoms with Crippen molar-refractivity contribution in [3.05, 3.63) is 71.2 Å². The van der Waals surface area contributed by atoms with Crippen LogP contribution in [0.4, 0.5) is 11.5 Å². The van der Waals surface area contributed by atoms with Gasteiger partial charge in [-0.3, -0.25) is 9.79 Å². The van der Waals surface area contributed by atoms with Gasteiger partial charge in [0.1, 0.15) is 17.6 Å². The second-order valence-corrected chi connectivity index (χ2v) is 8.77. The first-order chi connectivity index (χ1) is 18.0. The molecule has 4 aromatic rings. The fourth-order valence-corrected chi connectivity index (χ4v) is 4.72. The number of nitrogen functional groups attached to an aromatic ring is 1. The van der Waals surface area contributed by atoms with Crippen molar-refractivity contribution in [3.8, 4) is 11.4 Å². The molecular formula is C28H33N7O2. The predicted octanol–water partition coefficient (Wildman–Crippen LogP) is 3.98. The van der Waals surface area contributed by atoms with E-state index in [9.17, 15) is 4.79 Å². The number of carbonyl (C=O) groups excluding carboxylic acids is 1. The van der Waals surface area contributed by atoms with E-state index >= 15 is 0 Å². The number of hydrogen-bond donors (Lipinski definition) is 3. The first kappa shape index (κ1) is 25.8. The lowest BCUT2D eigenvalue weighted by Crippen LogP contribution is -2.14. The molecular weight excluding hydrogens is 466 g/mol. The highest BCUT2D eigenvalue weighted by molar-refractivity contribution is 5.93. The van der Waals surface area contributed by atoms with Gasteiger partial charge in [-0.05, 0) is 86.3 Å². The number of ether oxygens (including phenoxy) is 1. The summed E-state index contributed by atoms with van der Waals surface area (Å²) in [5.74, 6) is 1.24. The fraction of sp³-hybridized carbons (Fsp3) is 0.286. The van der Waals surface area contributed by atoms with Crippen molar-refractivity contribution in [2.75, 3.05) is 24.8 Å². The molecule has 9 heteroatoms. The number of benzene rings is 2. The van der Waals surface area contributed by atoms with Gasteiger partial charge in [0.05, 0.1) is 25.7 Å². The standard InChI is InChI=1S/C25H25N5O2.C3H8N2/c1-15-12-16(6-11-21(15)32-2)13-22(31)29-17-7-9-18(10-8-17)30-20-5-3-4-19(20)23-24(30)25(26)28-14-27-23;1-2-5-3-4/h6-12,14H,3-5,13H2,1-2H3,(H,29,31)(H2,26,27,28);2H,3-4H2,1H3/b;5-2-. The molecule has 0 saturated carbocycles. The maximum absolute atomic E-state index is 12.6. The zero-order valence-corrected chi connectivity index (χ0v) is 21.5. The smallest absolute Gasteiger partial charge is 0.228 e. The summed E-state index contributed by atoms with van der Waals surface area (Å²) in [5.41, 5.74) is 19.2. The molecule has 0 atom stereocenters. The minimum absolute atomic E-state index is 0.0627. The van der Waals surface area contributed by atoms with Crippen LogP contribution in [0.15, 0.2) is 53.8 Å². The zero-order valence-electron chi connectivity index (χ0n) is 21.5. The molecule has 0 bridgehead atoms. The van der Waals surface area contributed by atoms with Crippen LogP contribution < -0.4 is 21.5 Å². The molecule has 9 nitrogen and oxygen atoms in total. The van der Waals surface area contributed by atoms with E-state index in [-0.39, 0.29) is 5.91 Å². The third-order valence-corrected chi connectivity index (χ3v) is 6.34. The summed E-state index contributed by atoms with van der Waals surface area (Å²) < 4.78 is 7.45. The Morgan fingerprint density at radius 3 is 2.62 bits per heavy atom. The molecule has 2 aromatic heterocycles. The Balaban J connectivity index is 0.000000586. The monoisotopic (exact) mass is 499 g/mol. The van der Waals surface area contributed by atoms with Crippen LogP contribution in [0.25, 0.3) is 16.7 Å². The van der Waals surface area contributed by atoms with Crippen LogP contribution in [0.2, 0.25) is 0 Å². The Bertz CT molecular complexity index is 1420. The highest BCUT2D eigenvalue weighted by Crippen LogP contribution is 2.36. The minimum atomic E-state index is -0.0627. The third kappa shape index (κ3) is 5.62. The van der Waals surface area contributed by atoms with Crippen LogP contribution in [0.3, 0.4) is 0 Å². The molecule has 0 saturated heterocycles. The Morgan fingerprint density at radius 1 is 1.19 bits per heavy atom. The van der Waals surface area contributed by atoms with Crippen LogP contribution in [0, 0.1) is 6.92 Å². The number of fused-ring (bicyclic) bond motifs is 3. The molecule has 5 rings (SSSR count). The zero-order chi connectivity index (χ0) is 26.4. The number of carbonyl (C=O) groups is 1. The molecule has 2 aromatic carbocycles. The summed E-state index contributed by atoms with van der Waals surface area (Å²) in [6, 6.07) is 13.6. The SMILES string of the molecule is C/C=N\CN.COc1ccc(CC(=O)Nc2ccc(-n3c4c(c5ncnc(N)c53)CCC4)cc2)cc1C. The number of rotatable bonds is 6. The van der Waals surface area contributed by atoms with Gasteiger partial charge in [0.25, 0.3) is 0 Å². The molecule has 5 N–H and O–H groups in total. The molecule has 1 aliphatic rings. The number of anilines is 2. The van der Waals surface area contributed by atoms with Gasteiger partial charge in [-0.2, -0.15) is 0 Å². The quantitative estimate of drug-likeness (QED) is 0.344.